The van der Waals surface area contributed by atoms with Gasteiger partial charge in [0.15, 0.2) is 0 Å². The van der Waals surface area contributed by atoms with Crippen LogP contribution in [0.25, 0.3) is 0 Å². The molecule has 0 unspecified atom stereocenters. The molecule has 1 amide bonds. The molecular weight excluding hydrogens is 316 g/mol. The lowest BCUT2D eigenvalue weighted by Crippen LogP contribution is -2.36. The molecule has 132 valence electrons. The Morgan fingerprint density at radius 1 is 0.960 bits per heavy atom. The normalized spacial score (nSPS) is 15.5. The topological polar surface area (TPSA) is 42.0 Å². The molecule has 0 spiro atoms. The Kier molecular flexibility index (Phi) is 5.90. The van der Waals surface area contributed by atoms with Gasteiger partial charge < -0.3 is 14.4 Å². The first kappa shape index (κ1) is 17.3. The zero-order valence-electron chi connectivity index (χ0n) is 14.6. The molecule has 0 aromatic heterocycles. The second kappa shape index (κ2) is 8.53. The third-order valence-electron chi connectivity index (χ3n) is 4.34. The number of nitrogens with zero attached hydrogens (tertiary/aromatic N) is 2. The average molecular weight is 340 g/mol. The van der Waals surface area contributed by atoms with Gasteiger partial charge in [-0.15, -0.1) is 0 Å². The van der Waals surface area contributed by atoms with Crippen molar-refractivity contribution in [2.45, 2.75) is 13.0 Å². The molecule has 0 saturated carbocycles. The number of ether oxygens (including phenoxy) is 2. The van der Waals surface area contributed by atoms with Gasteiger partial charge in [-0.3, -0.25) is 4.90 Å². The Hall–Kier alpha value is -2.53. The average Bonchev–Trinajstić information content (AvgIpc) is 2.88. The van der Waals surface area contributed by atoms with Crippen LogP contribution in [0.3, 0.4) is 0 Å². The van der Waals surface area contributed by atoms with E-state index >= 15 is 0 Å². The maximum Gasteiger partial charge on any atom is 0.415 e. The summed E-state index contributed by atoms with van der Waals surface area (Å²) in [4.78, 5) is 16.5. The van der Waals surface area contributed by atoms with E-state index in [-0.39, 0.29) is 6.09 Å². The highest BCUT2D eigenvalue weighted by Gasteiger charge is 2.20. The molecule has 0 radical (unpaired) electrons. The van der Waals surface area contributed by atoms with Gasteiger partial charge in [0.2, 0.25) is 0 Å². The summed E-state index contributed by atoms with van der Waals surface area (Å²) in [5, 5.41) is 0. The molecule has 5 heteroatoms. The standard InChI is InChI=1S/C20H24N2O3/c1-24-19-10-5-7-17(15-19)16-21-11-6-12-22(14-13-21)20(23)25-18-8-3-2-4-9-18/h2-5,7-10,15H,6,11-14,16H2,1H3. The van der Waals surface area contributed by atoms with Gasteiger partial charge in [0.05, 0.1) is 7.11 Å². The molecule has 2 aromatic rings. The van der Waals surface area contributed by atoms with Crippen LogP contribution < -0.4 is 9.47 Å². The van der Waals surface area contributed by atoms with E-state index < -0.39 is 0 Å². The summed E-state index contributed by atoms with van der Waals surface area (Å²) in [7, 11) is 1.68. The third-order valence-corrected chi connectivity index (χ3v) is 4.34. The zero-order valence-corrected chi connectivity index (χ0v) is 14.6. The van der Waals surface area contributed by atoms with Crippen LogP contribution in [0.1, 0.15) is 12.0 Å². The van der Waals surface area contributed by atoms with E-state index in [0.29, 0.717) is 12.3 Å². The van der Waals surface area contributed by atoms with E-state index in [1.165, 1.54) is 5.56 Å². The van der Waals surface area contributed by atoms with Crippen LogP contribution >= 0.6 is 0 Å². The Morgan fingerprint density at radius 2 is 1.76 bits per heavy atom. The van der Waals surface area contributed by atoms with Crippen molar-refractivity contribution in [1.29, 1.82) is 0 Å². The monoisotopic (exact) mass is 340 g/mol. The zero-order chi connectivity index (χ0) is 17.5. The summed E-state index contributed by atoms with van der Waals surface area (Å²) in [6, 6.07) is 17.3. The molecular formula is C20H24N2O3. The molecule has 1 heterocycles. The minimum absolute atomic E-state index is 0.269. The second-order valence-corrected chi connectivity index (χ2v) is 6.15. The molecule has 1 aliphatic rings. The Labute approximate surface area is 148 Å². The molecule has 3 rings (SSSR count). The quantitative estimate of drug-likeness (QED) is 0.855. The Morgan fingerprint density at radius 3 is 2.56 bits per heavy atom. The molecule has 5 nitrogen and oxygen atoms in total. The van der Waals surface area contributed by atoms with Crippen molar-refractivity contribution < 1.29 is 14.3 Å². The highest BCUT2D eigenvalue weighted by atomic mass is 16.6. The minimum atomic E-state index is -0.269. The highest BCUT2D eigenvalue weighted by molar-refractivity contribution is 5.70. The van der Waals surface area contributed by atoms with Crippen LogP contribution in [0.4, 0.5) is 4.79 Å². The largest absolute Gasteiger partial charge is 0.497 e. The third kappa shape index (κ3) is 4.97. The molecule has 0 atom stereocenters. The van der Waals surface area contributed by atoms with Gasteiger partial charge in [0.25, 0.3) is 0 Å². The molecule has 1 fully saturated rings. The van der Waals surface area contributed by atoms with Crippen molar-refractivity contribution in [3.8, 4) is 11.5 Å². The molecule has 1 saturated heterocycles. The van der Waals surface area contributed by atoms with Crippen LogP contribution in [-0.4, -0.2) is 49.2 Å². The van der Waals surface area contributed by atoms with Gasteiger partial charge in [-0.2, -0.15) is 0 Å². The number of para-hydroxylation sites is 1. The summed E-state index contributed by atoms with van der Waals surface area (Å²) < 4.78 is 10.7. The first-order chi connectivity index (χ1) is 12.2. The molecule has 0 aliphatic carbocycles. The molecule has 2 aromatic carbocycles. The maximum atomic E-state index is 12.3. The SMILES string of the molecule is COc1cccc(CN2CCCN(C(=O)Oc3ccccc3)CC2)c1. The lowest BCUT2D eigenvalue weighted by Gasteiger charge is -2.21. The lowest BCUT2D eigenvalue weighted by atomic mass is 10.2. The van der Waals surface area contributed by atoms with Gasteiger partial charge in [-0.05, 0) is 36.2 Å². The van der Waals surface area contributed by atoms with Crippen molar-refractivity contribution in [3.63, 3.8) is 0 Å². The number of carbonyl (C=O) groups excluding carboxylic acids is 1. The van der Waals surface area contributed by atoms with Crippen molar-refractivity contribution in [2.75, 3.05) is 33.3 Å². The lowest BCUT2D eigenvalue weighted by molar-refractivity contribution is 0.153. The predicted octanol–water partition coefficient (Wildman–Crippen LogP) is 3.40. The number of carbonyl (C=O) groups is 1. The highest BCUT2D eigenvalue weighted by Crippen LogP contribution is 2.16. The maximum absolute atomic E-state index is 12.3. The van der Waals surface area contributed by atoms with Crippen LogP contribution in [-0.2, 0) is 6.54 Å². The van der Waals surface area contributed by atoms with Crippen LogP contribution in [0.15, 0.2) is 54.6 Å². The molecule has 25 heavy (non-hydrogen) atoms. The van der Waals surface area contributed by atoms with Gasteiger partial charge >= 0.3 is 6.09 Å². The van der Waals surface area contributed by atoms with Gasteiger partial charge in [0, 0.05) is 32.7 Å². The summed E-state index contributed by atoms with van der Waals surface area (Å²) in [5.74, 6) is 1.46. The summed E-state index contributed by atoms with van der Waals surface area (Å²) in [5.41, 5.74) is 1.22. The van der Waals surface area contributed by atoms with Crippen molar-refractivity contribution >= 4 is 6.09 Å². The van der Waals surface area contributed by atoms with Crippen LogP contribution in [0.2, 0.25) is 0 Å². The second-order valence-electron chi connectivity index (χ2n) is 6.15. The van der Waals surface area contributed by atoms with E-state index in [2.05, 4.69) is 17.0 Å². The van der Waals surface area contributed by atoms with E-state index in [1.807, 2.05) is 30.3 Å². The Balaban J connectivity index is 1.54. The first-order valence-electron chi connectivity index (χ1n) is 8.62. The fraction of sp³-hybridized carbons (Fsp3) is 0.350. The summed E-state index contributed by atoms with van der Waals surface area (Å²) in [6.45, 7) is 4.06. The van der Waals surface area contributed by atoms with E-state index in [0.717, 1.165) is 38.3 Å². The number of hydrogen-bond donors (Lipinski definition) is 0. The van der Waals surface area contributed by atoms with Crippen LogP contribution in [0, 0.1) is 0 Å². The molecule has 0 bridgehead atoms. The smallest absolute Gasteiger partial charge is 0.415 e. The summed E-state index contributed by atoms with van der Waals surface area (Å²) >= 11 is 0. The first-order valence-corrected chi connectivity index (χ1v) is 8.62. The van der Waals surface area contributed by atoms with E-state index in [9.17, 15) is 4.79 Å². The van der Waals surface area contributed by atoms with Crippen molar-refractivity contribution in [2.24, 2.45) is 0 Å². The van der Waals surface area contributed by atoms with Gasteiger partial charge in [-0.25, -0.2) is 4.79 Å². The van der Waals surface area contributed by atoms with Gasteiger partial charge in [0.1, 0.15) is 11.5 Å². The Bertz CT molecular complexity index is 690. The number of amides is 1. The van der Waals surface area contributed by atoms with E-state index in [4.69, 9.17) is 9.47 Å². The molecule has 1 aliphatic heterocycles. The van der Waals surface area contributed by atoms with Crippen LogP contribution in [0.5, 0.6) is 11.5 Å². The number of rotatable bonds is 4. The predicted molar refractivity (Wildman–Crippen MR) is 96.9 cm³/mol. The summed E-state index contributed by atoms with van der Waals surface area (Å²) in [6.07, 6.45) is 0.669. The van der Waals surface area contributed by atoms with Gasteiger partial charge in [-0.1, -0.05) is 30.3 Å². The fourth-order valence-electron chi connectivity index (χ4n) is 2.99. The molecule has 0 N–H and O–H groups in total. The minimum Gasteiger partial charge on any atom is -0.497 e. The number of benzene rings is 2. The van der Waals surface area contributed by atoms with Crippen molar-refractivity contribution in [3.05, 3.63) is 60.2 Å². The fourth-order valence-corrected chi connectivity index (χ4v) is 2.99. The number of hydrogen-bond acceptors (Lipinski definition) is 4. The van der Waals surface area contributed by atoms with Crippen molar-refractivity contribution in [1.82, 2.24) is 9.80 Å². The number of methoxy groups -OCH3 is 1. The van der Waals surface area contributed by atoms with E-state index in [1.54, 1.807) is 24.1 Å².